The third kappa shape index (κ3) is 2.16. The topological polar surface area (TPSA) is 51.0 Å². The van der Waals surface area contributed by atoms with Gasteiger partial charge in [-0.2, -0.15) is 0 Å². The molecule has 4 nitrogen and oxygen atoms in total. The zero-order valence-corrected chi connectivity index (χ0v) is 15.5. The lowest BCUT2D eigenvalue weighted by Gasteiger charge is -2.58. The van der Waals surface area contributed by atoms with E-state index in [1.807, 2.05) is 0 Å². The molecule has 1 saturated heterocycles. The second-order valence-electron chi connectivity index (χ2n) is 9.53. The van der Waals surface area contributed by atoms with Crippen LogP contribution in [0.15, 0.2) is 16.8 Å². The highest BCUT2D eigenvalue weighted by Crippen LogP contribution is 2.64. The summed E-state index contributed by atoms with van der Waals surface area (Å²) in [6.07, 6.45) is 11.1. The fourth-order valence-electron chi connectivity index (χ4n) is 7.34. The first-order valence-electron chi connectivity index (χ1n) is 10.2. The summed E-state index contributed by atoms with van der Waals surface area (Å²) >= 11 is 0. The molecule has 4 aliphatic carbocycles. The summed E-state index contributed by atoms with van der Waals surface area (Å²) in [4.78, 5) is 0. The van der Waals surface area contributed by atoms with Crippen LogP contribution in [0.4, 0.5) is 0 Å². The summed E-state index contributed by atoms with van der Waals surface area (Å²) in [6.45, 7) is 6.36. The summed E-state index contributed by atoms with van der Waals surface area (Å²) < 4.78 is 12.1. The molecule has 7 atom stereocenters. The van der Waals surface area contributed by atoms with Gasteiger partial charge in [-0.1, -0.05) is 30.7 Å². The molecule has 138 valence electrons. The van der Waals surface area contributed by atoms with E-state index in [9.17, 15) is 5.21 Å². The molecule has 1 aliphatic heterocycles. The molecule has 5 rings (SSSR count). The Morgan fingerprint density at radius 1 is 1.08 bits per heavy atom. The van der Waals surface area contributed by atoms with Gasteiger partial charge in [0, 0.05) is 5.41 Å². The Kier molecular flexibility index (Phi) is 3.63. The Labute approximate surface area is 150 Å². The first-order valence-corrected chi connectivity index (χ1v) is 10.2. The Hall–Kier alpha value is -0.870. The molecule has 0 aromatic carbocycles. The number of hydrogen-bond acceptors (Lipinski definition) is 4. The minimum atomic E-state index is 0.124. The summed E-state index contributed by atoms with van der Waals surface area (Å²) in [5.74, 6) is 2.15. The molecular formula is C21H31NO3. The summed E-state index contributed by atoms with van der Waals surface area (Å²) in [5, 5.41) is 13.2. The lowest BCUT2D eigenvalue weighted by Crippen LogP contribution is -2.55. The van der Waals surface area contributed by atoms with E-state index in [2.05, 4.69) is 25.1 Å². The van der Waals surface area contributed by atoms with Crippen molar-refractivity contribution in [1.29, 1.82) is 0 Å². The third-order valence-electron chi connectivity index (χ3n) is 8.70. The van der Waals surface area contributed by atoms with Crippen LogP contribution in [0.5, 0.6) is 0 Å². The molecule has 0 spiro atoms. The molecule has 0 bridgehead atoms. The number of nitrogens with zero attached hydrogens (tertiary/aromatic N) is 1. The summed E-state index contributed by atoms with van der Waals surface area (Å²) in [5.41, 5.74) is 3.09. The molecule has 1 N–H and O–H groups in total. The van der Waals surface area contributed by atoms with Gasteiger partial charge in [0.1, 0.15) is 0 Å². The minimum Gasteiger partial charge on any atom is -0.411 e. The molecule has 25 heavy (non-hydrogen) atoms. The zero-order valence-electron chi connectivity index (χ0n) is 15.5. The van der Waals surface area contributed by atoms with Gasteiger partial charge in [-0.3, -0.25) is 0 Å². The van der Waals surface area contributed by atoms with Crippen molar-refractivity contribution >= 4 is 5.71 Å². The van der Waals surface area contributed by atoms with E-state index in [0.29, 0.717) is 5.92 Å². The molecule has 0 radical (unpaired) electrons. The van der Waals surface area contributed by atoms with E-state index in [1.165, 1.54) is 25.7 Å². The molecule has 2 unspecified atom stereocenters. The average Bonchev–Trinajstić information content (AvgIpc) is 2.96. The van der Waals surface area contributed by atoms with Crippen LogP contribution in [0, 0.1) is 28.6 Å². The number of allylic oxidation sites excluding steroid dienone is 1. The highest BCUT2D eigenvalue weighted by Gasteiger charge is 2.59. The number of fused-ring (bicyclic) bond motifs is 6. The fourth-order valence-corrected chi connectivity index (χ4v) is 7.34. The van der Waals surface area contributed by atoms with Crippen LogP contribution >= 0.6 is 0 Å². The van der Waals surface area contributed by atoms with Crippen LogP contribution in [0.25, 0.3) is 0 Å². The Balaban J connectivity index is 1.48. The fraction of sp³-hybridized carbons (Fsp3) is 0.857. The second-order valence-corrected chi connectivity index (χ2v) is 9.53. The van der Waals surface area contributed by atoms with Crippen molar-refractivity contribution in [2.75, 3.05) is 13.2 Å². The maximum Gasteiger partial charge on any atom is 0.0875 e. The normalized spacial score (nSPS) is 53.4. The molecule has 4 fully saturated rings. The van der Waals surface area contributed by atoms with Crippen LogP contribution in [0.3, 0.4) is 0 Å². The zero-order chi connectivity index (χ0) is 17.2. The minimum absolute atomic E-state index is 0.124. The van der Waals surface area contributed by atoms with Gasteiger partial charge in [0.25, 0.3) is 0 Å². The average molecular weight is 345 g/mol. The third-order valence-corrected chi connectivity index (χ3v) is 8.70. The maximum absolute atomic E-state index is 9.48. The van der Waals surface area contributed by atoms with E-state index < -0.39 is 0 Å². The first-order chi connectivity index (χ1) is 12.1. The maximum atomic E-state index is 9.48. The Morgan fingerprint density at radius 3 is 2.64 bits per heavy atom. The Bertz CT molecular complexity index is 629. The van der Waals surface area contributed by atoms with Crippen molar-refractivity contribution in [2.24, 2.45) is 33.7 Å². The summed E-state index contributed by atoms with van der Waals surface area (Å²) in [7, 11) is 0. The van der Waals surface area contributed by atoms with Gasteiger partial charge in [-0.15, -0.1) is 0 Å². The van der Waals surface area contributed by atoms with Crippen molar-refractivity contribution in [3.8, 4) is 0 Å². The highest BCUT2D eigenvalue weighted by atomic mass is 16.6. The first kappa shape index (κ1) is 16.3. The van der Waals surface area contributed by atoms with Gasteiger partial charge in [0.2, 0.25) is 0 Å². The van der Waals surface area contributed by atoms with E-state index in [1.54, 1.807) is 5.57 Å². The smallest absolute Gasteiger partial charge is 0.0875 e. The number of rotatable bonds is 0. The quantitative estimate of drug-likeness (QED) is 0.407. The van der Waals surface area contributed by atoms with Gasteiger partial charge in [-0.05, 0) is 68.1 Å². The van der Waals surface area contributed by atoms with Crippen molar-refractivity contribution in [3.05, 3.63) is 11.6 Å². The van der Waals surface area contributed by atoms with Crippen LogP contribution in [-0.2, 0) is 9.47 Å². The highest BCUT2D eigenvalue weighted by molar-refractivity contribution is 5.92. The molecule has 0 aromatic rings. The molecule has 3 saturated carbocycles. The Morgan fingerprint density at radius 2 is 1.84 bits per heavy atom. The molecule has 0 amide bonds. The lowest BCUT2D eigenvalue weighted by atomic mass is 9.47. The van der Waals surface area contributed by atoms with Crippen molar-refractivity contribution < 1.29 is 14.7 Å². The molecule has 5 aliphatic rings. The van der Waals surface area contributed by atoms with Gasteiger partial charge in [-0.25, -0.2) is 0 Å². The van der Waals surface area contributed by atoms with E-state index in [0.717, 1.165) is 50.0 Å². The largest absolute Gasteiger partial charge is 0.411 e. The van der Waals surface area contributed by atoms with Gasteiger partial charge in [0.05, 0.1) is 31.1 Å². The number of ether oxygens (including phenoxy) is 2. The van der Waals surface area contributed by atoms with E-state index in [4.69, 9.17) is 9.47 Å². The van der Waals surface area contributed by atoms with Crippen molar-refractivity contribution in [2.45, 2.75) is 71.0 Å². The standard InChI is InChI=1S/C21H31NO3/c1-20-8-7-16-14(15(20)5-6-19(20)22-23)4-3-13-11-17-18(12-21(13,16)2)25-10-9-24-17/h3,14-18,23H,4-12H2,1-2H3/t14-,15-,16-,17?,18?,20-,21-/m0/s1. The van der Waals surface area contributed by atoms with Gasteiger partial charge < -0.3 is 14.7 Å². The van der Waals surface area contributed by atoms with Crippen LogP contribution in [0.2, 0.25) is 0 Å². The van der Waals surface area contributed by atoms with E-state index in [-0.39, 0.29) is 23.0 Å². The van der Waals surface area contributed by atoms with Gasteiger partial charge >= 0.3 is 0 Å². The number of oxime groups is 1. The molecule has 0 aromatic heterocycles. The van der Waals surface area contributed by atoms with E-state index >= 15 is 0 Å². The van der Waals surface area contributed by atoms with Crippen LogP contribution < -0.4 is 0 Å². The molecule has 1 heterocycles. The second kappa shape index (κ2) is 5.56. The predicted molar refractivity (Wildman–Crippen MR) is 95.8 cm³/mol. The van der Waals surface area contributed by atoms with Crippen molar-refractivity contribution in [1.82, 2.24) is 0 Å². The predicted octanol–water partition coefficient (Wildman–Crippen LogP) is 4.17. The SMILES string of the molecule is C[C@]12CC3OCCOC3CC1=CC[C@@H]1[C@@H]2CC[C@]2(C)C(=NO)CC[C@@H]12. The molecule has 4 heteroatoms. The van der Waals surface area contributed by atoms with Crippen LogP contribution in [0.1, 0.15) is 58.8 Å². The molecular weight excluding hydrogens is 314 g/mol. The van der Waals surface area contributed by atoms with Crippen LogP contribution in [-0.4, -0.2) is 36.3 Å². The van der Waals surface area contributed by atoms with Gasteiger partial charge in [0.15, 0.2) is 0 Å². The van der Waals surface area contributed by atoms with Crippen molar-refractivity contribution in [3.63, 3.8) is 0 Å². The monoisotopic (exact) mass is 345 g/mol. The summed E-state index contributed by atoms with van der Waals surface area (Å²) in [6, 6.07) is 0. The number of hydrogen-bond donors (Lipinski definition) is 1. The lowest BCUT2D eigenvalue weighted by molar-refractivity contribution is -0.171.